The van der Waals surface area contributed by atoms with Gasteiger partial charge in [-0.2, -0.15) is 4.89 Å². The van der Waals surface area contributed by atoms with Gasteiger partial charge in [-0.3, -0.25) is 19.4 Å². The Morgan fingerprint density at radius 3 is 2.76 bits per heavy atom. The summed E-state index contributed by atoms with van der Waals surface area (Å²) in [5.74, 6) is -0.973. The molecule has 4 atom stereocenters. The van der Waals surface area contributed by atoms with E-state index in [0.717, 1.165) is 40.5 Å². The molecule has 2 aromatic heterocycles. The van der Waals surface area contributed by atoms with Crippen LogP contribution in [0, 0.1) is 12.7 Å². The maximum atomic E-state index is 14.0. The van der Waals surface area contributed by atoms with Gasteiger partial charge in [0.15, 0.2) is 0 Å². The average molecular weight is 598 g/mol. The molecule has 1 unspecified atom stereocenters. The number of likely N-dealkylation sites (tertiary alicyclic amines) is 1. The number of hydrogen-bond acceptors (Lipinski definition) is 6. The molecule has 3 saturated heterocycles. The second-order valence-electron chi connectivity index (χ2n) is 11.2. The van der Waals surface area contributed by atoms with Crippen LogP contribution >= 0.6 is 19.4 Å². The molecular formula is C29H31FN4O5PS+. The van der Waals surface area contributed by atoms with Crippen molar-refractivity contribution in [3.8, 4) is 0 Å². The predicted molar refractivity (Wildman–Crippen MR) is 152 cm³/mol. The van der Waals surface area contributed by atoms with Crippen molar-refractivity contribution in [3.63, 3.8) is 0 Å². The fraction of sp³-hybridized carbons (Fsp3) is 0.448. The summed E-state index contributed by atoms with van der Waals surface area (Å²) in [6, 6.07) is 5.86. The van der Waals surface area contributed by atoms with Gasteiger partial charge in [-0.25, -0.2) is 4.39 Å². The molecular weight excluding hydrogens is 566 g/mol. The molecule has 6 rings (SSSR count). The largest absolute Gasteiger partial charge is 0.510 e. The van der Waals surface area contributed by atoms with E-state index in [1.54, 1.807) is 41.1 Å². The highest BCUT2D eigenvalue weighted by Crippen LogP contribution is 2.36. The van der Waals surface area contributed by atoms with Crippen LogP contribution in [0.15, 0.2) is 36.7 Å². The van der Waals surface area contributed by atoms with Crippen molar-refractivity contribution in [2.75, 3.05) is 13.1 Å². The first-order valence-corrected chi connectivity index (χ1v) is 16.1. The minimum atomic E-state index is -2.30. The molecule has 3 aliphatic heterocycles. The Labute approximate surface area is 241 Å². The first-order chi connectivity index (χ1) is 19.7. The number of amides is 3. The van der Waals surface area contributed by atoms with E-state index in [2.05, 4.69) is 10.3 Å². The maximum absolute atomic E-state index is 14.0. The first-order valence-electron chi connectivity index (χ1n) is 13.9. The Morgan fingerprint density at radius 2 is 1.98 bits per heavy atom. The third-order valence-corrected chi connectivity index (χ3v) is 10.4. The van der Waals surface area contributed by atoms with Crippen molar-refractivity contribution in [1.82, 2.24) is 20.1 Å². The van der Waals surface area contributed by atoms with Gasteiger partial charge in [0.05, 0.1) is 11.1 Å². The minimum Gasteiger partial charge on any atom is -0.340 e. The lowest BCUT2D eigenvalue weighted by molar-refractivity contribution is -0.148. The highest BCUT2D eigenvalue weighted by Gasteiger charge is 2.47. The summed E-state index contributed by atoms with van der Waals surface area (Å²) in [5.41, 5.74) is 2.09. The van der Waals surface area contributed by atoms with Crippen LogP contribution in [-0.4, -0.2) is 68.6 Å². The number of benzene rings is 1. The van der Waals surface area contributed by atoms with Crippen LogP contribution in [0.25, 0.3) is 10.1 Å². The molecule has 0 saturated carbocycles. The topological polar surface area (TPSA) is 120 Å². The average Bonchev–Trinajstić information content (AvgIpc) is 3.49. The number of rotatable bonds is 6. The lowest BCUT2D eigenvalue weighted by Gasteiger charge is -2.43. The third-order valence-electron chi connectivity index (χ3n) is 8.62. The van der Waals surface area contributed by atoms with Crippen LogP contribution in [0.5, 0.6) is 0 Å². The summed E-state index contributed by atoms with van der Waals surface area (Å²) in [5, 5.41) is 3.74. The van der Waals surface area contributed by atoms with Crippen LogP contribution in [0.3, 0.4) is 0 Å². The molecule has 3 aromatic rings. The van der Waals surface area contributed by atoms with Gasteiger partial charge in [-0.05, 0) is 78.3 Å². The molecule has 3 aliphatic rings. The number of nitrogens with zero attached hydrogens (tertiary/aromatic N) is 3. The second-order valence-corrected chi connectivity index (χ2v) is 13.3. The van der Waals surface area contributed by atoms with Crippen molar-refractivity contribution in [2.24, 2.45) is 0 Å². The van der Waals surface area contributed by atoms with Crippen molar-refractivity contribution in [3.05, 3.63) is 64.0 Å². The standard InChI is InChI=1S/C29H30FN4O5PS/c1-16-21(11-31-12-22(16)30)19-13-33(14-19)29(37)24-7-6-20-3-2-4-23(28(36)34(20)24)32-27(35)26-10-18-9-17(15-40(38)39)5-8-25(18)41-26/h5,8-12,19-20,23-24H,2-4,6-7,13-15H2,1H3,(H-,32,35,38,39)/p+1/t20-,23-,24-/m0/s1. The summed E-state index contributed by atoms with van der Waals surface area (Å²) < 4.78 is 26.1. The number of pyridine rings is 1. The Morgan fingerprint density at radius 1 is 1.17 bits per heavy atom. The van der Waals surface area contributed by atoms with Crippen LogP contribution < -0.4 is 5.32 Å². The lowest BCUT2D eigenvalue weighted by Crippen LogP contribution is -2.58. The van der Waals surface area contributed by atoms with Crippen molar-refractivity contribution >= 4 is 47.2 Å². The highest BCUT2D eigenvalue weighted by atomic mass is 32.1. The molecule has 3 fully saturated rings. The van der Waals surface area contributed by atoms with Gasteiger partial charge in [0.25, 0.3) is 5.91 Å². The van der Waals surface area contributed by atoms with E-state index in [0.29, 0.717) is 36.4 Å². The number of thiophene rings is 1. The molecule has 3 amide bonds. The van der Waals surface area contributed by atoms with Gasteiger partial charge in [-0.15, -0.1) is 11.3 Å². The summed E-state index contributed by atoms with van der Waals surface area (Å²) in [7, 11) is -2.30. The van der Waals surface area contributed by atoms with Crippen LogP contribution in [-0.2, 0) is 20.3 Å². The SMILES string of the molecule is Cc1c(F)cncc1C1CN(C(=O)[C@@H]2CC[C@@H]3CCC[C@H](NC(=O)c4cc5cc(C[P+](=O)O)ccc5s4)C(=O)N32)C1. The molecule has 41 heavy (non-hydrogen) atoms. The van der Waals surface area contributed by atoms with Gasteiger partial charge in [0, 0.05) is 41.5 Å². The van der Waals surface area contributed by atoms with Crippen molar-refractivity contribution < 1.29 is 28.2 Å². The molecule has 5 heterocycles. The van der Waals surface area contributed by atoms with Crippen molar-refractivity contribution in [1.29, 1.82) is 0 Å². The van der Waals surface area contributed by atoms with E-state index in [1.807, 2.05) is 6.07 Å². The lowest BCUT2D eigenvalue weighted by atomic mass is 9.89. The zero-order valence-corrected chi connectivity index (χ0v) is 24.3. The van der Waals surface area contributed by atoms with E-state index in [1.165, 1.54) is 17.5 Å². The monoisotopic (exact) mass is 597 g/mol. The Balaban J connectivity index is 1.13. The van der Waals surface area contributed by atoms with Crippen molar-refractivity contribution in [2.45, 2.75) is 69.2 Å². The molecule has 214 valence electrons. The van der Waals surface area contributed by atoms with Crippen LogP contribution in [0.2, 0.25) is 0 Å². The highest BCUT2D eigenvalue weighted by molar-refractivity contribution is 7.37. The van der Waals surface area contributed by atoms with E-state index < -0.39 is 20.1 Å². The summed E-state index contributed by atoms with van der Waals surface area (Å²) >= 11 is 1.31. The number of fused-ring (bicyclic) bond motifs is 2. The first kappa shape index (κ1) is 27.9. The summed E-state index contributed by atoms with van der Waals surface area (Å²) in [6.07, 6.45) is 6.32. The van der Waals surface area contributed by atoms with Gasteiger partial charge in [0.1, 0.15) is 17.9 Å². The number of carbonyl (C=O) groups is 3. The molecule has 9 nitrogen and oxygen atoms in total. The Bertz CT molecular complexity index is 1560. The smallest absolute Gasteiger partial charge is 0.340 e. The third kappa shape index (κ3) is 5.38. The summed E-state index contributed by atoms with van der Waals surface area (Å²) in [4.78, 5) is 57.6. The van der Waals surface area contributed by atoms with E-state index >= 15 is 0 Å². The number of nitrogens with one attached hydrogen (secondary N) is 1. The molecule has 0 aliphatic carbocycles. The Kier molecular flexibility index (Phi) is 7.61. The quantitative estimate of drug-likeness (QED) is 0.410. The van der Waals surface area contributed by atoms with Gasteiger partial charge >= 0.3 is 8.03 Å². The molecule has 1 aromatic carbocycles. The van der Waals surface area contributed by atoms with Crippen LogP contribution in [0.4, 0.5) is 4.39 Å². The maximum Gasteiger partial charge on any atom is 0.510 e. The fourth-order valence-corrected chi connectivity index (χ4v) is 7.87. The van der Waals surface area contributed by atoms with Crippen LogP contribution in [0.1, 0.15) is 64.4 Å². The molecule has 0 bridgehead atoms. The second kappa shape index (κ2) is 11.2. The van der Waals surface area contributed by atoms with Gasteiger partial charge < -0.3 is 15.1 Å². The molecule has 0 radical (unpaired) electrons. The van der Waals surface area contributed by atoms with E-state index in [-0.39, 0.29) is 41.7 Å². The van der Waals surface area contributed by atoms with E-state index in [4.69, 9.17) is 0 Å². The van der Waals surface area contributed by atoms with E-state index in [9.17, 15) is 28.2 Å². The number of hydrogen-bond donors (Lipinski definition) is 2. The number of halogens is 1. The number of carbonyl (C=O) groups excluding carboxylic acids is 3. The molecule has 0 spiro atoms. The normalized spacial score (nSPS) is 23.2. The zero-order chi connectivity index (χ0) is 28.8. The minimum absolute atomic E-state index is 0.0224. The Hall–Kier alpha value is -3.27. The summed E-state index contributed by atoms with van der Waals surface area (Å²) in [6.45, 7) is 2.66. The van der Waals surface area contributed by atoms with Gasteiger partial charge in [-0.1, -0.05) is 6.07 Å². The fourth-order valence-electron chi connectivity index (χ4n) is 6.42. The molecule has 12 heteroatoms. The van der Waals surface area contributed by atoms with Gasteiger partial charge in [0.2, 0.25) is 18.0 Å². The number of aromatic nitrogens is 1. The molecule has 2 N–H and O–H groups in total. The zero-order valence-electron chi connectivity index (χ0n) is 22.6. The predicted octanol–water partition coefficient (Wildman–Crippen LogP) is 4.25.